The topological polar surface area (TPSA) is 149 Å². The van der Waals surface area contributed by atoms with Gasteiger partial charge in [-0.25, -0.2) is 0 Å². The standard InChI is InChI=1S/C4H6O4S.C3H3O4.C2H3S2.Y/c5-3(6)2(1-9)4(7)8;4-2(5)1-3(6)7;1-2-4-3-1;/h2,9H,1H2,(H,5,6)(H,7,8);1H,(H,4,5)(H,6,7);1H,2H2;/q;2*-1;. The maximum Gasteiger partial charge on any atom is 0.318 e. The van der Waals surface area contributed by atoms with Gasteiger partial charge in [-0.3, -0.25) is 35.7 Å². The first-order valence-corrected chi connectivity index (χ1v) is 7.70. The van der Waals surface area contributed by atoms with Crippen LogP contribution in [0.5, 0.6) is 0 Å². The molecule has 8 nitrogen and oxygen atoms in total. The molecule has 0 spiro atoms. The van der Waals surface area contributed by atoms with Gasteiger partial charge in [-0.2, -0.15) is 29.8 Å². The molecule has 0 unspecified atom stereocenters. The summed E-state index contributed by atoms with van der Waals surface area (Å²) in [6.45, 7) is 0. The number of hydrogen-bond donors (Lipinski definition) is 5. The molecule has 4 N–H and O–H groups in total. The Morgan fingerprint density at radius 1 is 1.10 bits per heavy atom. The molecule has 1 heterocycles. The minimum absolute atomic E-state index is 0. The van der Waals surface area contributed by atoms with Gasteiger partial charge in [0.25, 0.3) is 0 Å². The predicted molar refractivity (Wildman–Crippen MR) is 76.5 cm³/mol. The number of carboxylic acids is 4. The summed E-state index contributed by atoms with van der Waals surface area (Å²) in [4.78, 5) is 38.6. The van der Waals surface area contributed by atoms with E-state index in [4.69, 9.17) is 20.4 Å². The SMILES string of the molecule is O=C(O)C(CS)C(=O)O.O=C(O)[CH-]C(=O)O.[CH-]1CSS1.[Y]. The van der Waals surface area contributed by atoms with Crippen molar-refractivity contribution >= 4 is 58.1 Å². The summed E-state index contributed by atoms with van der Waals surface area (Å²) >= 11 is 3.53. The van der Waals surface area contributed by atoms with Gasteiger partial charge in [0.15, 0.2) is 17.9 Å². The average molecular weight is 433 g/mol. The zero-order valence-corrected chi connectivity index (χ0v) is 15.8. The van der Waals surface area contributed by atoms with Crippen molar-refractivity contribution in [3.05, 3.63) is 12.2 Å². The fraction of sp³-hybridized carbons (Fsp3) is 0.333. The van der Waals surface area contributed by atoms with Crippen LogP contribution in [0.15, 0.2) is 0 Å². The van der Waals surface area contributed by atoms with E-state index >= 15 is 0 Å². The van der Waals surface area contributed by atoms with Crippen molar-refractivity contribution in [2.24, 2.45) is 5.92 Å². The molecule has 12 heteroatoms. The van der Waals surface area contributed by atoms with E-state index in [2.05, 4.69) is 18.4 Å². The van der Waals surface area contributed by atoms with Gasteiger partial charge in [-0.15, -0.1) is 5.75 Å². The Morgan fingerprint density at radius 3 is 1.38 bits per heavy atom. The molecule has 1 aliphatic rings. The van der Waals surface area contributed by atoms with Gasteiger partial charge < -0.3 is 20.4 Å². The van der Waals surface area contributed by atoms with Gasteiger partial charge in [0.2, 0.25) is 0 Å². The molecule has 119 valence electrons. The first kappa shape index (κ1) is 25.8. The molecule has 1 saturated heterocycles. The minimum atomic E-state index is -1.44. The molecule has 21 heavy (non-hydrogen) atoms. The van der Waals surface area contributed by atoms with Crippen LogP contribution in [-0.4, -0.2) is 55.8 Å². The maximum atomic E-state index is 9.94. The van der Waals surface area contributed by atoms with E-state index in [9.17, 15) is 19.2 Å². The van der Waals surface area contributed by atoms with Crippen LogP contribution in [0.3, 0.4) is 0 Å². The quantitative estimate of drug-likeness (QED) is 0.181. The Morgan fingerprint density at radius 2 is 1.38 bits per heavy atom. The smallest absolute Gasteiger partial charge is 0.318 e. The third kappa shape index (κ3) is 19.9. The second-order valence-electron chi connectivity index (χ2n) is 2.78. The molecule has 0 aliphatic carbocycles. The summed E-state index contributed by atoms with van der Waals surface area (Å²) in [6, 6.07) is 0. The van der Waals surface area contributed by atoms with Crippen molar-refractivity contribution < 1.29 is 72.3 Å². The molecular weight excluding hydrogens is 421 g/mol. The van der Waals surface area contributed by atoms with E-state index < -0.39 is 29.8 Å². The molecule has 1 radical (unpaired) electrons. The molecule has 1 aliphatic heterocycles. The first-order valence-electron chi connectivity index (χ1n) is 4.69. The summed E-state index contributed by atoms with van der Waals surface area (Å²) in [6.07, 6.45) is 0.167. The summed E-state index contributed by atoms with van der Waals surface area (Å²) < 4.78 is 0. The van der Waals surface area contributed by atoms with Gasteiger partial charge >= 0.3 is 11.9 Å². The molecule has 1 fully saturated rings. The Bertz CT molecular complexity index is 318. The Kier molecular flexibility index (Phi) is 20.0. The fourth-order valence-electron chi connectivity index (χ4n) is 0.435. The Hall–Kier alpha value is -0.0961. The number of thiol groups is 1. The number of carbonyl (C=O) groups is 4. The second kappa shape index (κ2) is 16.3. The van der Waals surface area contributed by atoms with E-state index in [0.717, 1.165) is 0 Å². The van der Waals surface area contributed by atoms with Gasteiger partial charge in [0.05, 0.1) is 0 Å². The van der Waals surface area contributed by atoms with E-state index in [1.165, 1.54) is 5.75 Å². The van der Waals surface area contributed by atoms with Crippen LogP contribution < -0.4 is 0 Å². The summed E-state index contributed by atoms with van der Waals surface area (Å²) in [5.74, 6) is -3.69. The third-order valence-corrected chi connectivity index (χ3v) is 3.84. The molecule has 1 rings (SSSR count). The summed E-state index contributed by atoms with van der Waals surface area (Å²) in [5.41, 5.74) is 0. The maximum absolute atomic E-state index is 9.94. The second-order valence-corrected chi connectivity index (χ2v) is 5.52. The molecule has 0 bridgehead atoms. The molecule has 0 aromatic rings. The number of carboxylic acid groups (broad SMARTS) is 4. The predicted octanol–water partition coefficient (Wildman–Crippen LogP) is 0.602. The first-order chi connectivity index (χ1) is 9.22. The average Bonchev–Trinajstić information content (AvgIpc) is 2.12. The van der Waals surface area contributed by atoms with Crippen molar-refractivity contribution in [3.8, 4) is 0 Å². The normalized spacial score (nSPS) is 11.1. The zero-order chi connectivity index (χ0) is 16.1. The largest absolute Gasteiger partial charge is 0.503 e. The number of rotatable bonds is 5. The molecule has 0 amide bonds. The monoisotopic (exact) mass is 433 g/mol. The Labute approximate surface area is 159 Å². The van der Waals surface area contributed by atoms with Crippen LogP contribution in [0.2, 0.25) is 0 Å². The molecule has 0 aromatic carbocycles. The fourth-order valence-corrected chi connectivity index (χ4v) is 1.29. The van der Waals surface area contributed by atoms with Gasteiger partial charge in [-0.05, 0) is 0 Å². The van der Waals surface area contributed by atoms with Crippen LogP contribution in [0.25, 0.3) is 0 Å². The molecule has 0 saturated carbocycles. The van der Waals surface area contributed by atoms with E-state index in [0.29, 0.717) is 0 Å². The number of aliphatic carboxylic acids is 4. The van der Waals surface area contributed by atoms with Crippen molar-refractivity contribution in [1.82, 2.24) is 0 Å². The van der Waals surface area contributed by atoms with Crippen molar-refractivity contribution in [3.63, 3.8) is 0 Å². The summed E-state index contributed by atoms with van der Waals surface area (Å²) in [7, 11) is 3.73. The summed E-state index contributed by atoms with van der Waals surface area (Å²) in [5, 5.41) is 31.5. The molecular formula is C9H12O8S3Y-2. The van der Waals surface area contributed by atoms with Gasteiger partial charge in [0, 0.05) is 38.5 Å². The van der Waals surface area contributed by atoms with Gasteiger partial charge in [0.1, 0.15) is 0 Å². The Balaban J connectivity index is -0.000000239. The van der Waals surface area contributed by atoms with Crippen molar-refractivity contribution in [2.45, 2.75) is 0 Å². The van der Waals surface area contributed by atoms with E-state index in [1.54, 1.807) is 0 Å². The van der Waals surface area contributed by atoms with Crippen LogP contribution in [0.1, 0.15) is 0 Å². The van der Waals surface area contributed by atoms with Gasteiger partial charge in [-0.1, -0.05) is 0 Å². The van der Waals surface area contributed by atoms with E-state index in [-0.39, 0.29) is 44.9 Å². The van der Waals surface area contributed by atoms with Crippen molar-refractivity contribution in [2.75, 3.05) is 11.5 Å². The van der Waals surface area contributed by atoms with Crippen LogP contribution in [0.4, 0.5) is 0 Å². The van der Waals surface area contributed by atoms with Crippen LogP contribution >= 0.6 is 34.2 Å². The van der Waals surface area contributed by atoms with Crippen molar-refractivity contribution in [1.29, 1.82) is 0 Å². The molecule has 0 aromatic heterocycles. The third-order valence-electron chi connectivity index (χ3n) is 1.30. The van der Waals surface area contributed by atoms with Crippen LogP contribution in [-0.2, 0) is 51.9 Å². The number of hydrogen-bond acceptors (Lipinski definition) is 7. The van der Waals surface area contributed by atoms with Crippen LogP contribution in [0, 0.1) is 18.1 Å². The van der Waals surface area contributed by atoms with E-state index in [1.807, 2.05) is 21.6 Å². The molecule has 0 atom stereocenters. The minimum Gasteiger partial charge on any atom is -0.503 e. The zero-order valence-electron chi connectivity index (χ0n) is 10.4.